The predicted octanol–water partition coefficient (Wildman–Crippen LogP) is 3.16. The third-order valence-electron chi connectivity index (χ3n) is 5.37. The third-order valence-corrected chi connectivity index (χ3v) is 6.39. The molecule has 0 atom stereocenters. The quantitative estimate of drug-likeness (QED) is 0.407. The molecule has 0 unspecified atom stereocenters. The van der Waals surface area contributed by atoms with E-state index in [1.807, 2.05) is 0 Å². The molecule has 1 aliphatic rings. The Morgan fingerprint density at radius 3 is 2.21 bits per heavy atom. The first-order chi connectivity index (χ1) is 16.1. The van der Waals surface area contributed by atoms with Gasteiger partial charge < -0.3 is 9.80 Å². The number of hydrogen-bond donors (Lipinski definition) is 0. The van der Waals surface area contributed by atoms with Crippen molar-refractivity contribution in [3.8, 4) is 5.82 Å². The maximum Gasteiger partial charge on any atom is 0.417 e. The molecule has 14 heteroatoms. The number of piperazine rings is 1. The predicted molar refractivity (Wildman–Crippen MR) is 114 cm³/mol. The molecular weight excluding hydrogens is 477 g/mol. The largest absolute Gasteiger partial charge is 0.417 e. The van der Waals surface area contributed by atoms with Gasteiger partial charge in [-0.2, -0.15) is 18.3 Å². The topological polar surface area (TPSA) is 114 Å². The van der Waals surface area contributed by atoms with Crippen molar-refractivity contribution in [1.29, 1.82) is 0 Å². The van der Waals surface area contributed by atoms with E-state index in [-0.39, 0.29) is 59.3 Å². The van der Waals surface area contributed by atoms with E-state index in [0.29, 0.717) is 11.9 Å². The zero-order valence-electron chi connectivity index (χ0n) is 17.7. The maximum atomic E-state index is 13.0. The van der Waals surface area contributed by atoms with Crippen LogP contribution in [0.5, 0.6) is 0 Å². The van der Waals surface area contributed by atoms with E-state index >= 15 is 0 Å². The molecule has 3 aromatic heterocycles. The van der Waals surface area contributed by atoms with Crippen LogP contribution in [0.4, 0.5) is 18.2 Å². The average Bonchev–Trinajstić information content (AvgIpc) is 3.45. The Balaban J connectivity index is 1.42. The number of pyridine rings is 1. The van der Waals surface area contributed by atoms with E-state index in [4.69, 9.17) is 0 Å². The molecule has 0 aromatic carbocycles. The fraction of sp³-hybridized carbons (Fsp3) is 0.300. The van der Waals surface area contributed by atoms with Crippen LogP contribution in [0.2, 0.25) is 0 Å². The van der Waals surface area contributed by atoms with Crippen molar-refractivity contribution < 1.29 is 27.7 Å². The van der Waals surface area contributed by atoms with Crippen molar-refractivity contribution in [2.24, 2.45) is 0 Å². The lowest BCUT2D eigenvalue weighted by molar-refractivity contribution is -0.380. The fourth-order valence-electron chi connectivity index (χ4n) is 3.51. The molecule has 4 heterocycles. The summed E-state index contributed by atoms with van der Waals surface area (Å²) in [6, 6.07) is 4.76. The van der Waals surface area contributed by atoms with Gasteiger partial charge in [-0.25, -0.2) is 9.67 Å². The Morgan fingerprint density at radius 2 is 1.68 bits per heavy atom. The molecule has 3 aromatic rings. The summed E-state index contributed by atoms with van der Waals surface area (Å²) >= 11 is 0.801. The van der Waals surface area contributed by atoms with Gasteiger partial charge in [0.25, 0.3) is 11.8 Å². The lowest BCUT2D eigenvalue weighted by Gasteiger charge is -2.34. The highest BCUT2D eigenvalue weighted by Gasteiger charge is 2.31. The molecule has 4 rings (SSSR count). The smallest absolute Gasteiger partial charge is 0.335 e. The minimum atomic E-state index is -4.51. The van der Waals surface area contributed by atoms with Crippen LogP contribution in [-0.2, 0) is 6.18 Å². The molecule has 0 aliphatic carbocycles. The summed E-state index contributed by atoms with van der Waals surface area (Å²) < 4.78 is 39.6. The molecule has 10 nitrogen and oxygen atoms in total. The molecular formula is C20H17F3N6O4S. The number of carbonyl (C=O) groups is 2. The third kappa shape index (κ3) is 4.48. The molecule has 0 spiro atoms. The summed E-state index contributed by atoms with van der Waals surface area (Å²) in [4.78, 5) is 43.0. The summed E-state index contributed by atoms with van der Waals surface area (Å²) in [5.74, 6) is -0.512. The summed E-state index contributed by atoms with van der Waals surface area (Å²) in [7, 11) is 0. The van der Waals surface area contributed by atoms with Gasteiger partial charge in [-0.05, 0) is 25.1 Å². The molecule has 1 saturated heterocycles. The first kappa shape index (κ1) is 23.4. The van der Waals surface area contributed by atoms with E-state index in [1.54, 1.807) is 11.8 Å². The van der Waals surface area contributed by atoms with Crippen molar-refractivity contribution in [1.82, 2.24) is 24.6 Å². The van der Waals surface area contributed by atoms with Crippen molar-refractivity contribution in [3.05, 3.63) is 68.5 Å². The average molecular weight is 494 g/mol. The van der Waals surface area contributed by atoms with Crippen LogP contribution in [0.15, 0.2) is 36.7 Å². The monoisotopic (exact) mass is 494 g/mol. The van der Waals surface area contributed by atoms with E-state index in [9.17, 15) is 32.9 Å². The first-order valence-corrected chi connectivity index (χ1v) is 10.8. The van der Waals surface area contributed by atoms with Crippen molar-refractivity contribution in [2.75, 3.05) is 26.2 Å². The molecule has 0 bridgehead atoms. The van der Waals surface area contributed by atoms with Crippen LogP contribution >= 0.6 is 11.3 Å². The minimum Gasteiger partial charge on any atom is -0.335 e. The van der Waals surface area contributed by atoms with Crippen LogP contribution in [0.3, 0.4) is 0 Å². The van der Waals surface area contributed by atoms with E-state index in [0.717, 1.165) is 17.4 Å². The van der Waals surface area contributed by atoms with Gasteiger partial charge >= 0.3 is 11.2 Å². The number of nitro groups is 1. The Morgan fingerprint density at radius 1 is 1.03 bits per heavy atom. The van der Waals surface area contributed by atoms with Gasteiger partial charge in [0.15, 0.2) is 5.82 Å². The van der Waals surface area contributed by atoms with Crippen LogP contribution in [0.1, 0.15) is 31.3 Å². The van der Waals surface area contributed by atoms with Crippen molar-refractivity contribution >= 4 is 28.2 Å². The van der Waals surface area contributed by atoms with Gasteiger partial charge in [0.2, 0.25) is 0 Å². The lowest BCUT2D eigenvalue weighted by Crippen LogP contribution is -2.50. The van der Waals surface area contributed by atoms with Gasteiger partial charge in [0.05, 0.1) is 32.8 Å². The van der Waals surface area contributed by atoms with Gasteiger partial charge in [-0.15, -0.1) is 0 Å². The molecule has 178 valence electrons. The van der Waals surface area contributed by atoms with Gasteiger partial charge in [-0.1, -0.05) is 11.3 Å². The summed E-state index contributed by atoms with van der Waals surface area (Å²) in [6.07, 6.45) is -2.47. The van der Waals surface area contributed by atoms with Crippen LogP contribution < -0.4 is 0 Å². The number of amides is 2. The number of alkyl halides is 3. The molecule has 1 fully saturated rings. The highest BCUT2D eigenvalue weighted by Crippen LogP contribution is 2.29. The number of thiophene rings is 1. The zero-order chi connectivity index (χ0) is 24.6. The SMILES string of the molecule is Cc1c(C(=O)N2CCN(C(=O)c3ccc([N+](=O)[O-])s3)CC2)cnn1-c1ccc(C(F)(F)F)cn1. The lowest BCUT2D eigenvalue weighted by atomic mass is 10.2. The molecule has 0 radical (unpaired) electrons. The second-order valence-corrected chi connectivity index (χ2v) is 8.50. The molecule has 0 N–H and O–H groups in total. The number of hydrogen-bond acceptors (Lipinski definition) is 7. The van der Waals surface area contributed by atoms with E-state index < -0.39 is 16.7 Å². The molecule has 0 saturated carbocycles. The maximum absolute atomic E-state index is 13.0. The van der Waals surface area contributed by atoms with E-state index in [1.165, 1.54) is 34.0 Å². The zero-order valence-corrected chi connectivity index (χ0v) is 18.5. The second kappa shape index (κ2) is 8.85. The number of rotatable bonds is 4. The fourth-order valence-corrected chi connectivity index (χ4v) is 4.30. The highest BCUT2D eigenvalue weighted by molar-refractivity contribution is 7.17. The van der Waals surface area contributed by atoms with Gasteiger partial charge in [0, 0.05) is 38.4 Å². The van der Waals surface area contributed by atoms with Crippen molar-refractivity contribution in [3.63, 3.8) is 0 Å². The van der Waals surface area contributed by atoms with Gasteiger partial charge in [0.1, 0.15) is 0 Å². The Labute approximate surface area is 194 Å². The molecule has 34 heavy (non-hydrogen) atoms. The first-order valence-electron chi connectivity index (χ1n) is 9.97. The number of aromatic nitrogens is 3. The Kier molecular flexibility index (Phi) is 6.08. The summed E-state index contributed by atoms with van der Waals surface area (Å²) in [6.45, 7) is 2.62. The Hall–Kier alpha value is -3.81. The van der Waals surface area contributed by atoms with Crippen molar-refractivity contribution in [2.45, 2.75) is 13.1 Å². The standard InChI is InChI=1S/C20H17F3N6O4S/c1-12-14(11-25-28(12)16-4-2-13(10-24-16)20(21,22)23)18(30)26-6-8-27(9-7-26)19(31)15-3-5-17(34-15)29(32)33/h2-5,10-11H,6-9H2,1H3. The normalized spacial score (nSPS) is 14.4. The molecule has 2 amide bonds. The van der Waals surface area contributed by atoms with Crippen LogP contribution in [0, 0.1) is 17.0 Å². The van der Waals surface area contributed by atoms with Gasteiger partial charge in [-0.3, -0.25) is 19.7 Å². The summed E-state index contributed by atoms with van der Waals surface area (Å²) in [5.41, 5.74) is -0.195. The van der Waals surface area contributed by atoms with Crippen LogP contribution in [0.25, 0.3) is 5.82 Å². The Bertz CT molecular complexity index is 1250. The highest BCUT2D eigenvalue weighted by atomic mass is 32.1. The number of halogens is 3. The summed E-state index contributed by atoms with van der Waals surface area (Å²) in [5, 5.41) is 14.8. The second-order valence-electron chi connectivity index (χ2n) is 7.44. The minimum absolute atomic E-state index is 0.118. The molecule has 1 aliphatic heterocycles. The van der Waals surface area contributed by atoms with Crippen LogP contribution in [-0.4, -0.2) is 67.5 Å². The number of nitrogens with zero attached hydrogens (tertiary/aromatic N) is 6. The number of carbonyl (C=O) groups excluding carboxylic acids is 2. The van der Waals surface area contributed by atoms with E-state index in [2.05, 4.69) is 10.1 Å².